The van der Waals surface area contributed by atoms with Crippen LogP contribution >= 0.6 is 8.58 Å². The number of unbranched alkanes of at least 4 members (excludes halogenated alkanes) is 5. The van der Waals surface area contributed by atoms with Crippen molar-refractivity contribution in [2.24, 2.45) is 0 Å². The summed E-state index contributed by atoms with van der Waals surface area (Å²) in [6.07, 6.45) is 9.67. The van der Waals surface area contributed by atoms with Gasteiger partial charge in [0, 0.05) is 0 Å². The molecular weight excluding hydrogens is 466 g/mol. The number of hydrogen-bond donors (Lipinski definition) is 1. The van der Waals surface area contributed by atoms with E-state index in [9.17, 15) is 0 Å². The smallest absolute Gasteiger partial charge is 0.108 e. The van der Waals surface area contributed by atoms with Gasteiger partial charge in [-0.05, 0) is 21.4 Å². The maximum Gasteiger partial charge on any atom is 0.108 e. The third-order valence-electron chi connectivity index (χ3n) is 7.29. The Labute approximate surface area is 227 Å². The summed E-state index contributed by atoms with van der Waals surface area (Å²) in [7, 11) is 0.558. The fraction of sp³-hybridized carbons (Fsp3) is 0.294. The highest BCUT2D eigenvalue weighted by Gasteiger charge is 2.30. The van der Waals surface area contributed by atoms with E-state index in [-0.39, 0.29) is 0 Å². The van der Waals surface area contributed by atoms with Crippen LogP contribution in [0.3, 0.4) is 0 Å². The zero-order chi connectivity index (χ0) is 26.0. The Balaban J connectivity index is 0.000000270. The van der Waals surface area contributed by atoms with Crippen molar-refractivity contribution in [3.05, 3.63) is 121 Å². The van der Waals surface area contributed by atoms with E-state index in [1.807, 2.05) is 0 Å². The van der Waals surface area contributed by atoms with Crippen LogP contribution in [-0.4, -0.2) is 30.2 Å². The monoisotopic (exact) mass is 510 g/mol. The molecule has 0 aliphatic heterocycles. The molecule has 4 rings (SSSR count). The van der Waals surface area contributed by atoms with Crippen LogP contribution in [-0.2, 0) is 0 Å². The van der Waals surface area contributed by atoms with Crippen LogP contribution in [0.1, 0.15) is 45.4 Å². The Kier molecular flexibility index (Phi) is 13.2. The lowest BCUT2D eigenvalue weighted by molar-refractivity contribution is 0.322. The normalized spacial score (nSPS) is 11.3. The van der Waals surface area contributed by atoms with E-state index in [0.29, 0.717) is 15.2 Å². The van der Waals surface area contributed by atoms with Gasteiger partial charge in [0.1, 0.15) is 6.15 Å². The van der Waals surface area contributed by atoms with Crippen LogP contribution in [0.25, 0.3) is 0 Å². The van der Waals surface area contributed by atoms with Crippen molar-refractivity contribution < 1.29 is 5.11 Å². The zero-order valence-corrected chi connectivity index (χ0v) is 23.7. The molecule has 1 N–H and O–H groups in total. The topological polar surface area (TPSA) is 20.2 Å². The largest absolute Gasteiger partial charge is 0.393 e. The molecule has 0 aliphatic rings. The van der Waals surface area contributed by atoms with Gasteiger partial charge in [-0.1, -0.05) is 154 Å². The second-order valence-corrected chi connectivity index (χ2v) is 11.6. The van der Waals surface area contributed by atoms with Gasteiger partial charge in [0.05, 0.1) is 18.9 Å². The summed E-state index contributed by atoms with van der Waals surface area (Å²) in [5.74, 6) is 0. The molecule has 3 heteroatoms. The molecule has 0 bridgehead atoms. The molecule has 0 amide bonds. The van der Waals surface area contributed by atoms with E-state index in [4.69, 9.17) is 5.11 Å². The lowest BCUT2D eigenvalue weighted by atomic mass is 9.13. The van der Waals surface area contributed by atoms with Crippen molar-refractivity contribution in [3.8, 4) is 0 Å². The van der Waals surface area contributed by atoms with E-state index in [1.54, 1.807) is 0 Å². The molecule has 37 heavy (non-hydrogen) atoms. The lowest BCUT2D eigenvalue weighted by Crippen LogP contribution is -2.74. The summed E-state index contributed by atoms with van der Waals surface area (Å²) < 4.78 is 0. The minimum Gasteiger partial charge on any atom is -0.393 e. The lowest BCUT2D eigenvalue weighted by Gasteiger charge is -2.44. The SMILES string of the molecule is CCCCCCCC[PH2+]CCO.c1ccc([B-](c2ccccc2)(c2ccccc2)c2ccccc2)cc1. The quantitative estimate of drug-likeness (QED) is 0.137. The van der Waals surface area contributed by atoms with Crippen LogP contribution in [0, 0.1) is 0 Å². The Bertz CT molecular complexity index is 914. The number of hydrogen-bond acceptors (Lipinski definition) is 1. The molecule has 194 valence electrons. The molecule has 0 heterocycles. The zero-order valence-electron chi connectivity index (χ0n) is 22.5. The van der Waals surface area contributed by atoms with Gasteiger partial charge in [-0.15, -0.1) is 0 Å². The average Bonchev–Trinajstić information content (AvgIpc) is 2.98. The molecular formula is C34H44BOP. The first-order chi connectivity index (χ1) is 18.3. The number of aliphatic hydroxyl groups excluding tert-OH is 1. The van der Waals surface area contributed by atoms with Crippen LogP contribution < -0.4 is 21.9 Å². The van der Waals surface area contributed by atoms with Gasteiger partial charge < -0.3 is 5.11 Å². The predicted octanol–water partition coefficient (Wildman–Crippen LogP) is 5.81. The van der Waals surface area contributed by atoms with Crippen molar-refractivity contribution >= 4 is 36.6 Å². The second kappa shape index (κ2) is 17.0. The minimum atomic E-state index is -1.22. The molecule has 0 saturated heterocycles. The summed E-state index contributed by atoms with van der Waals surface area (Å²) in [4.78, 5) is 0. The van der Waals surface area contributed by atoms with Crippen LogP contribution in [0.2, 0.25) is 0 Å². The van der Waals surface area contributed by atoms with Crippen LogP contribution in [0.15, 0.2) is 121 Å². The van der Waals surface area contributed by atoms with Crippen molar-refractivity contribution in [1.82, 2.24) is 0 Å². The summed E-state index contributed by atoms with van der Waals surface area (Å²) in [6, 6.07) is 43.5. The molecule has 1 nitrogen and oxygen atoms in total. The molecule has 0 fully saturated rings. The molecule has 1 unspecified atom stereocenters. The van der Waals surface area contributed by atoms with E-state index in [0.717, 1.165) is 6.16 Å². The Morgan fingerprint density at radius 1 is 0.486 bits per heavy atom. The maximum absolute atomic E-state index is 8.56. The molecule has 4 aromatic carbocycles. The van der Waals surface area contributed by atoms with Crippen molar-refractivity contribution in [3.63, 3.8) is 0 Å². The Morgan fingerprint density at radius 3 is 1.19 bits per heavy atom. The highest BCUT2D eigenvalue weighted by molar-refractivity contribution is 7.37. The number of aliphatic hydroxyl groups is 1. The molecule has 1 atom stereocenters. The van der Waals surface area contributed by atoms with Gasteiger partial charge in [0.2, 0.25) is 0 Å². The molecule has 0 spiro atoms. The van der Waals surface area contributed by atoms with Gasteiger partial charge in [0.25, 0.3) is 0 Å². The third-order valence-corrected chi connectivity index (χ3v) is 8.78. The molecule has 0 radical (unpaired) electrons. The molecule has 0 saturated carbocycles. The van der Waals surface area contributed by atoms with E-state index >= 15 is 0 Å². The highest BCUT2D eigenvalue weighted by Crippen LogP contribution is 2.14. The van der Waals surface area contributed by atoms with Crippen LogP contribution in [0.4, 0.5) is 0 Å². The maximum atomic E-state index is 8.56. The standard InChI is InChI=1S/C24H20B.C10H23OP/c1-5-13-21(14-6-1)25(22-15-7-2-8-16-22,23-17-9-3-10-18-23)24-19-11-4-12-20-24;1-2-3-4-5-6-7-9-12-10-8-11/h1-20H;11-12H,2-10H2,1H3/q-1;/p+1. The first kappa shape index (κ1) is 28.9. The van der Waals surface area contributed by atoms with Gasteiger partial charge in [0.15, 0.2) is 0 Å². The number of benzene rings is 4. The van der Waals surface area contributed by atoms with Crippen molar-refractivity contribution in [1.29, 1.82) is 0 Å². The molecule has 4 aromatic rings. The summed E-state index contributed by atoms with van der Waals surface area (Å²) in [5, 5.41) is 8.56. The average molecular weight is 511 g/mol. The third kappa shape index (κ3) is 8.42. The van der Waals surface area contributed by atoms with E-state index in [1.165, 1.54) is 66.5 Å². The summed E-state index contributed by atoms with van der Waals surface area (Å²) in [5.41, 5.74) is 5.36. The summed E-state index contributed by atoms with van der Waals surface area (Å²) in [6.45, 7) is 2.66. The first-order valence-corrected chi connectivity index (χ1v) is 15.8. The van der Waals surface area contributed by atoms with Gasteiger partial charge in [-0.3, -0.25) is 0 Å². The second-order valence-electron chi connectivity index (χ2n) is 9.87. The summed E-state index contributed by atoms with van der Waals surface area (Å²) >= 11 is 0. The predicted molar refractivity (Wildman–Crippen MR) is 170 cm³/mol. The minimum absolute atomic E-state index is 0.408. The fourth-order valence-electron chi connectivity index (χ4n) is 5.43. The van der Waals surface area contributed by atoms with Gasteiger partial charge in [-0.25, -0.2) is 0 Å². The fourth-order valence-corrected chi connectivity index (χ4v) is 6.47. The van der Waals surface area contributed by atoms with E-state index < -0.39 is 6.15 Å². The van der Waals surface area contributed by atoms with Crippen LogP contribution in [0.5, 0.6) is 0 Å². The van der Waals surface area contributed by atoms with Crippen molar-refractivity contribution in [2.75, 3.05) is 18.9 Å². The Hall–Kier alpha value is -2.67. The van der Waals surface area contributed by atoms with E-state index in [2.05, 4.69) is 128 Å². The first-order valence-electron chi connectivity index (χ1n) is 14.1. The van der Waals surface area contributed by atoms with Crippen molar-refractivity contribution in [2.45, 2.75) is 45.4 Å². The Morgan fingerprint density at radius 2 is 0.838 bits per heavy atom. The molecule has 0 aliphatic carbocycles. The van der Waals surface area contributed by atoms with Gasteiger partial charge >= 0.3 is 0 Å². The number of rotatable bonds is 13. The van der Waals surface area contributed by atoms with Gasteiger partial charge in [-0.2, -0.15) is 21.9 Å². The highest BCUT2D eigenvalue weighted by atomic mass is 31.1. The molecule has 0 aromatic heterocycles.